The van der Waals surface area contributed by atoms with Gasteiger partial charge in [0.15, 0.2) is 0 Å². The Kier molecular flexibility index (Phi) is 8.48. The molecule has 0 bridgehead atoms. The van der Waals surface area contributed by atoms with E-state index >= 15 is 0 Å². The second kappa shape index (κ2) is 12.0. The average molecular weight is 515 g/mol. The lowest BCUT2D eigenvalue weighted by atomic mass is 9.95. The third kappa shape index (κ3) is 5.89. The van der Waals surface area contributed by atoms with Crippen LogP contribution in [-0.2, 0) is 16.2 Å². The lowest BCUT2D eigenvalue weighted by molar-refractivity contribution is -0.139. The molecule has 0 aliphatic carbocycles. The highest BCUT2D eigenvalue weighted by Gasteiger charge is 2.45. The zero-order chi connectivity index (χ0) is 27.2. The first-order valence-corrected chi connectivity index (χ1v) is 12.6. The number of benzene rings is 3. The fourth-order valence-electron chi connectivity index (χ4n) is 4.62. The Morgan fingerprint density at radius 2 is 1.71 bits per heavy atom. The van der Waals surface area contributed by atoms with Crippen LogP contribution in [0.1, 0.15) is 34.7 Å². The van der Waals surface area contributed by atoms with Crippen LogP contribution in [0.15, 0.2) is 78.4 Å². The standard InChI is InChI=1S/C31H34N2O5/c1-21-9-5-6-10-24(21)20-38-25-15-13-22(14-16-25)29(34)27-28(23-11-7-12-26(19-23)37-4)33(31(36)30(27)35)18-8-17-32(2)3/h5-7,9-16,19,28,34H,8,17-18,20H2,1-4H3/b29-27-. The molecular weight excluding hydrogens is 480 g/mol. The van der Waals surface area contributed by atoms with Crippen LogP contribution in [0.5, 0.6) is 11.5 Å². The van der Waals surface area contributed by atoms with Crippen molar-refractivity contribution in [3.63, 3.8) is 0 Å². The van der Waals surface area contributed by atoms with Gasteiger partial charge in [0, 0.05) is 12.1 Å². The van der Waals surface area contributed by atoms with Gasteiger partial charge in [0.1, 0.15) is 23.9 Å². The van der Waals surface area contributed by atoms with Crippen LogP contribution in [0.2, 0.25) is 0 Å². The third-order valence-electron chi connectivity index (χ3n) is 6.74. The van der Waals surface area contributed by atoms with Crippen LogP contribution < -0.4 is 9.47 Å². The Balaban J connectivity index is 1.65. The number of Topliss-reactive ketones (excluding diaryl/α,β-unsaturated/α-hetero) is 1. The zero-order valence-corrected chi connectivity index (χ0v) is 22.3. The van der Waals surface area contributed by atoms with Gasteiger partial charge in [-0.1, -0.05) is 36.4 Å². The fourth-order valence-corrected chi connectivity index (χ4v) is 4.62. The number of hydrogen-bond donors (Lipinski definition) is 1. The number of carbonyl (C=O) groups excluding carboxylic acids is 2. The minimum Gasteiger partial charge on any atom is -0.507 e. The molecule has 38 heavy (non-hydrogen) atoms. The van der Waals surface area contributed by atoms with Crippen LogP contribution in [0, 0.1) is 6.92 Å². The molecule has 4 rings (SSSR count). The summed E-state index contributed by atoms with van der Waals surface area (Å²) in [6.45, 7) is 3.60. The van der Waals surface area contributed by atoms with Gasteiger partial charge in [-0.3, -0.25) is 9.59 Å². The third-order valence-corrected chi connectivity index (χ3v) is 6.74. The monoisotopic (exact) mass is 514 g/mol. The first-order chi connectivity index (χ1) is 18.3. The van der Waals surface area contributed by atoms with Crippen LogP contribution in [0.25, 0.3) is 5.76 Å². The van der Waals surface area contributed by atoms with Crippen molar-refractivity contribution in [2.75, 3.05) is 34.3 Å². The highest BCUT2D eigenvalue weighted by molar-refractivity contribution is 6.46. The predicted octanol–water partition coefficient (Wildman–Crippen LogP) is 4.96. The molecule has 0 saturated carbocycles. The molecule has 0 aromatic heterocycles. The van der Waals surface area contributed by atoms with Crippen LogP contribution >= 0.6 is 0 Å². The van der Waals surface area contributed by atoms with Crippen molar-refractivity contribution in [1.82, 2.24) is 9.80 Å². The minimum absolute atomic E-state index is 0.0710. The van der Waals surface area contributed by atoms with Crippen molar-refractivity contribution in [3.05, 3.63) is 101 Å². The zero-order valence-electron chi connectivity index (χ0n) is 22.3. The topological polar surface area (TPSA) is 79.3 Å². The largest absolute Gasteiger partial charge is 0.507 e. The molecule has 1 aliphatic rings. The predicted molar refractivity (Wildman–Crippen MR) is 147 cm³/mol. The van der Waals surface area contributed by atoms with E-state index in [4.69, 9.17) is 9.47 Å². The molecule has 1 aliphatic heterocycles. The maximum atomic E-state index is 13.2. The number of carbonyl (C=O) groups is 2. The van der Waals surface area contributed by atoms with E-state index in [9.17, 15) is 14.7 Å². The maximum Gasteiger partial charge on any atom is 0.295 e. The Morgan fingerprint density at radius 3 is 2.39 bits per heavy atom. The molecule has 1 unspecified atom stereocenters. The summed E-state index contributed by atoms with van der Waals surface area (Å²) in [5.74, 6) is -0.275. The molecule has 1 amide bonds. The van der Waals surface area contributed by atoms with Crippen molar-refractivity contribution in [2.24, 2.45) is 0 Å². The van der Waals surface area contributed by atoms with E-state index in [1.165, 1.54) is 0 Å². The lowest BCUT2D eigenvalue weighted by Gasteiger charge is -2.26. The number of likely N-dealkylation sites (tertiary alicyclic amines) is 1. The van der Waals surface area contributed by atoms with Crippen LogP contribution in [0.3, 0.4) is 0 Å². The molecule has 3 aromatic rings. The molecule has 1 saturated heterocycles. The molecule has 1 N–H and O–H groups in total. The van der Waals surface area contributed by atoms with E-state index in [1.807, 2.05) is 62.3 Å². The van der Waals surface area contributed by atoms with Crippen LogP contribution in [-0.4, -0.2) is 60.9 Å². The average Bonchev–Trinajstić information content (AvgIpc) is 3.17. The summed E-state index contributed by atoms with van der Waals surface area (Å²) in [5.41, 5.74) is 3.45. The second-order valence-electron chi connectivity index (χ2n) is 9.67. The SMILES string of the molecule is COc1cccc(C2/C(=C(/O)c3ccc(OCc4ccccc4C)cc3)C(=O)C(=O)N2CCCN(C)C)c1. The summed E-state index contributed by atoms with van der Waals surface area (Å²) in [5, 5.41) is 11.3. The molecule has 198 valence electrons. The number of aryl methyl sites for hydroxylation is 1. The molecule has 7 heteroatoms. The molecular formula is C31H34N2O5. The maximum absolute atomic E-state index is 13.2. The first-order valence-electron chi connectivity index (χ1n) is 12.6. The van der Waals surface area contributed by atoms with Gasteiger partial charge < -0.3 is 24.4 Å². The van der Waals surface area contributed by atoms with Gasteiger partial charge >= 0.3 is 0 Å². The van der Waals surface area contributed by atoms with E-state index in [1.54, 1.807) is 48.4 Å². The van der Waals surface area contributed by atoms with E-state index < -0.39 is 17.7 Å². The molecule has 0 spiro atoms. The molecule has 1 fully saturated rings. The van der Waals surface area contributed by atoms with Gasteiger partial charge in [-0.15, -0.1) is 0 Å². The molecule has 3 aromatic carbocycles. The van der Waals surface area contributed by atoms with Gasteiger partial charge in [0.2, 0.25) is 0 Å². The number of nitrogens with zero attached hydrogens (tertiary/aromatic N) is 2. The molecule has 7 nitrogen and oxygen atoms in total. The Hall–Kier alpha value is -4.10. The van der Waals surface area contributed by atoms with Crippen molar-refractivity contribution in [1.29, 1.82) is 0 Å². The highest BCUT2D eigenvalue weighted by atomic mass is 16.5. The number of methoxy groups -OCH3 is 1. The number of ether oxygens (including phenoxy) is 2. The number of ketones is 1. The normalized spacial score (nSPS) is 16.8. The number of hydrogen-bond acceptors (Lipinski definition) is 6. The number of aliphatic hydroxyl groups is 1. The summed E-state index contributed by atoms with van der Waals surface area (Å²) in [4.78, 5) is 30.0. The van der Waals surface area contributed by atoms with Gasteiger partial charge in [0.05, 0.1) is 18.7 Å². The summed E-state index contributed by atoms with van der Waals surface area (Å²) in [6, 6.07) is 21.5. The summed E-state index contributed by atoms with van der Waals surface area (Å²) >= 11 is 0. The summed E-state index contributed by atoms with van der Waals surface area (Å²) in [7, 11) is 5.49. The summed E-state index contributed by atoms with van der Waals surface area (Å²) < 4.78 is 11.3. The van der Waals surface area contributed by atoms with Crippen molar-refractivity contribution in [2.45, 2.75) is 26.0 Å². The van der Waals surface area contributed by atoms with E-state index in [2.05, 4.69) is 0 Å². The van der Waals surface area contributed by atoms with E-state index in [0.717, 1.165) is 17.7 Å². The number of rotatable bonds is 10. The molecule has 1 heterocycles. The Morgan fingerprint density at radius 1 is 0.974 bits per heavy atom. The van der Waals surface area contributed by atoms with Gasteiger partial charge in [-0.05, 0) is 87.1 Å². The summed E-state index contributed by atoms with van der Waals surface area (Å²) in [6.07, 6.45) is 0.688. The minimum atomic E-state index is -0.718. The smallest absolute Gasteiger partial charge is 0.295 e. The van der Waals surface area contributed by atoms with Crippen LogP contribution in [0.4, 0.5) is 0 Å². The first kappa shape index (κ1) is 26.9. The van der Waals surface area contributed by atoms with Gasteiger partial charge in [0.25, 0.3) is 11.7 Å². The Labute approximate surface area is 223 Å². The lowest BCUT2D eigenvalue weighted by Crippen LogP contribution is -2.32. The van der Waals surface area contributed by atoms with Crippen molar-refractivity contribution < 1.29 is 24.2 Å². The van der Waals surface area contributed by atoms with Crippen molar-refractivity contribution >= 4 is 17.4 Å². The van der Waals surface area contributed by atoms with E-state index in [0.29, 0.717) is 42.2 Å². The molecule has 1 atom stereocenters. The quantitative estimate of drug-likeness (QED) is 0.234. The second-order valence-corrected chi connectivity index (χ2v) is 9.67. The fraction of sp³-hybridized carbons (Fsp3) is 0.290. The van der Waals surface area contributed by atoms with Crippen molar-refractivity contribution in [3.8, 4) is 11.5 Å². The van der Waals surface area contributed by atoms with Gasteiger partial charge in [-0.25, -0.2) is 0 Å². The molecule has 0 radical (unpaired) electrons. The Bertz CT molecular complexity index is 1330. The number of amides is 1. The van der Waals surface area contributed by atoms with E-state index in [-0.39, 0.29) is 11.3 Å². The highest BCUT2D eigenvalue weighted by Crippen LogP contribution is 2.40. The number of aliphatic hydroxyl groups excluding tert-OH is 1. The van der Waals surface area contributed by atoms with Gasteiger partial charge in [-0.2, -0.15) is 0 Å².